The Balaban J connectivity index is 1.98. The molecule has 5 nitrogen and oxygen atoms in total. The highest BCUT2D eigenvalue weighted by atomic mass is 32.2. The number of nitrogens with zero attached hydrogens (tertiary/aromatic N) is 1. The fourth-order valence-corrected chi connectivity index (χ4v) is 4.86. The van der Waals surface area contributed by atoms with Crippen molar-refractivity contribution in [2.75, 3.05) is 10.6 Å². The van der Waals surface area contributed by atoms with Crippen LogP contribution in [0.15, 0.2) is 78.9 Å². The van der Waals surface area contributed by atoms with Gasteiger partial charge in [-0.15, -0.1) is 0 Å². The van der Waals surface area contributed by atoms with Crippen molar-refractivity contribution >= 4 is 21.6 Å². The fraction of sp³-hybridized carbons (Fsp3) is 0.240. The summed E-state index contributed by atoms with van der Waals surface area (Å²) in [6, 6.07) is 21.0. The Morgan fingerprint density at radius 3 is 2.03 bits per heavy atom. The van der Waals surface area contributed by atoms with Crippen molar-refractivity contribution in [2.45, 2.75) is 32.4 Å². The van der Waals surface area contributed by atoms with Crippen LogP contribution in [0, 0.1) is 12.7 Å². The highest BCUT2D eigenvalue weighted by Crippen LogP contribution is 2.26. The van der Waals surface area contributed by atoms with Crippen LogP contribution in [0.2, 0.25) is 0 Å². The molecular formula is C25H27FN2O3S. The zero-order valence-electron chi connectivity index (χ0n) is 18.3. The average Bonchev–Trinajstić information content (AvgIpc) is 2.77. The molecule has 0 aliphatic carbocycles. The highest BCUT2D eigenvalue weighted by Gasteiger charge is 2.33. The number of benzene rings is 3. The van der Waals surface area contributed by atoms with E-state index in [0.29, 0.717) is 0 Å². The minimum Gasteiger partial charge on any atom is -0.343 e. The Bertz CT molecular complexity index is 1150. The van der Waals surface area contributed by atoms with Gasteiger partial charge in [-0.25, -0.2) is 12.8 Å². The number of carbonyl (C=O) groups excluding carboxylic acids is 1. The Morgan fingerprint density at radius 1 is 0.938 bits per heavy atom. The summed E-state index contributed by atoms with van der Waals surface area (Å²) >= 11 is 0. The quantitative estimate of drug-likeness (QED) is 0.542. The number of aryl methyl sites for hydroxylation is 1. The maximum absolute atomic E-state index is 13.4. The molecule has 3 rings (SSSR count). The third kappa shape index (κ3) is 5.53. The predicted octanol–water partition coefficient (Wildman–Crippen LogP) is 4.58. The molecule has 1 N–H and O–H groups in total. The van der Waals surface area contributed by atoms with E-state index in [4.69, 9.17) is 0 Å². The van der Waals surface area contributed by atoms with Gasteiger partial charge in [0.15, 0.2) is 0 Å². The number of hydrogen-bond donors (Lipinski definition) is 1. The van der Waals surface area contributed by atoms with Gasteiger partial charge in [0.25, 0.3) is 0 Å². The summed E-state index contributed by atoms with van der Waals surface area (Å²) in [5.41, 5.74) is 3.10. The van der Waals surface area contributed by atoms with Crippen LogP contribution in [0.1, 0.15) is 36.1 Å². The lowest BCUT2D eigenvalue weighted by Crippen LogP contribution is -2.50. The summed E-state index contributed by atoms with van der Waals surface area (Å²) in [4.78, 5) is 13.4. The summed E-state index contributed by atoms with van der Waals surface area (Å²) in [6.07, 6.45) is 1.28. The summed E-state index contributed by atoms with van der Waals surface area (Å²) < 4.78 is 39.7. The SMILES string of the molecule is CC[C@H](C(=O)N[C@H](c1ccccc1)c1ccc(C)cc1)N(c1ccc(F)cc1)S(C)(=O)=O. The van der Waals surface area contributed by atoms with Gasteiger partial charge in [-0.2, -0.15) is 0 Å². The fourth-order valence-electron chi connectivity index (χ4n) is 3.65. The highest BCUT2D eigenvalue weighted by molar-refractivity contribution is 7.92. The van der Waals surface area contributed by atoms with Gasteiger partial charge in [0, 0.05) is 0 Å². The van der Waals surface area contributed by atoms with Crippen LogP contribution in [-0.4, -0.2) is 26.6 Å². The van der Waals surface area contributed by atoms with E-state index in [0.717, 1.165) is 27.3 Å². The molecule has 0 fully saturated rings. The third-order valence-electron chi connectivity index (χ3n) is 5.24. The molecule has 1 amide bonds. The van der Waals surface area contributed by atoms with Gasteiger partial charge in [0.2, 0.25) is 15.9 Å². The number of carbonyl (C=O) groups is 1. The molecule has 0 saturated heterocycles. The van der Waals surface area contributed by atoms with Crippen molar-refractivity contribution in [3.8, 4) is 0 Å². The molecule has 0 heterocycles. The second-order valence-corrected chi connectivity index (χ2v) is 9.58. The molecule has 0 aliphatic heterocycles. The number of amides is 1. The number of halogens is 1. The molecule has 0 spiro atoms. The minimum atomic E-state index is -3.81. The topological polar surface area (TPSA) is 66.5 Å². The monoisotopic (exact) mass is 454 g/mol. The lowest BCUT2D eigenvalue weighted by atomic mass is 9.97. The second kappa shape index (κ2) is 9.96. The summed E-state index contributed by atoms with van der Waals surface area (Å²) in [7, 11) is -3.81. The van der Waals surface area contributed by atoms with Gasteiger partial charge in [-0.05, 0) is 48.7 Å². The normalized spacial score (nSPS) is 13.2. The largest absolute Gasteiger partial charge is 0.343 e. The van der Waals surface area contributed by atoms with E-state index in [1.807, 2.05) is 61.5 Å². The van der Waals surface area contributed by atoms with E-state index in [2.05, 4.69) is 5.32 Å². The molecule has 0 radical (unpaired) electrons. The molecule has 3 aromatic rings. The number of sulfonamides is 1. The van der Waals surface area contributed by atoms with E-state index in [-0.39, 0.29) is 12.1 Å². The van der Waals surface area contributed by atoms with E-state index in [1.54, 1.807) is 6.92 Å². The van der Waals surface area contributed by atoms with Crippen molar-refractivity contribution in [3.05, 3.63) is 101 Å². The Labute approximate surface area is 188 Å². The van der Waals surface area contributed by atoms with Crippen LogP contribution in [-0.2, 0) is 14.8 Å². The van der Waals surface area contributed by atoms with Crippen LogP contribution in [0.4, 0.5) is 10.1 Å². The molecule has 0 saturated carbocycles. The molecule has 0 aliphatic rings. The van der Waals surface area contributed by atoms with Crippen molar-refractivity contribution in [1.82, 2.24) is 5.32 Å². The van der Waals surface area contributed by atoms with E-state index in [9.17, 15) is 17.6 Å². The third-order valence-corrected chi connectivity index (χ3v) is 6.42. The van der Waals surface area contributed by atoms with Crippen molar-refractivity contribution in [2.24, 2.45) is 0 Å². The van der Waals surface area contributed by atoms with Gasteiger partial charge in [0.05, 0.1) is 18.0 Å². The van der Waals surface area contributed by atoms with Gasteiger partial charge in [-0.1, -0.05) is 67.1 Å². The van der Waals surface area contributed by atoms with Gasteiger partial charge in [-0.3, -0.25) is 9.10 Å². The maximum atomic E-state index is 13.4. The molecule has 3 aromatic carbocycles. The van der Waals surface area contributed by atoms with Gasteiger partial charge >= 0.3 is 0 Å². The second-order valence-electron chi connectivity index (χ2n) is 7.72. The van der Waals surface area contributed by atoms with Crippen molar-refractivity contribution in [1.29, 1.82) is 0 Å². The molecule has 2 atom stereocenters. The van der Waals surface area contributed by atoms with E-state index in [1.165, 1.54) is 24.3 Å². The minimum absolute atomic E-state index is 0.238. The number of rotatable bonds is 8. The zero-order chi connectivity index (χ0) is 23.3. The lowest BCUT2D eigenvalue weighted by molar-refractivity contribution is -0.122. The molecule has 0 bridgehead atoms. The lowest BCUT2D eigenvalue weighted by Gasteiger charge is -2.31. The van der Waals surface area contributed by atoms with Gasteiger partial charge in [0.1, 0.15) is 11.9 Å². The van der Waals surface area contributed by atoms with Crippen molar-refractivity contribution < 1.29 is 17.6 Å². The smallest absolute Gasteiger partial charge is 0.244 e. The molecule has 7 heteroatoms. The standard InChI is InChI=1S/C25H27FN2O3S/c1-4-23(28(32(3,30)31)22-16-14-21(26)15-17-22)25(29)27-24(19-8-6-5-7-9-19)20-12-10-18(2)11-13-20/h5-17,23-24H,4H2,1-3H3,(H,27,29)/t23-,24-/m1/s1. The van der Waals surface area contributed by atoms with Crippen LogP contribution in [0.25, 0.3) is 0 Å². The molecule has 168 valence electrons. The van der Waals surface area contributed by atoms with Crippen LogP contribution >= 0.6 is 0 Å². The molecule has 0 aromatic heterocycles. The average molecular weight is 455 g/mol. The van der Waals surface area contributed by atoms with E-state index >= 15 is 0 Å². The first-order valence-corrected chi connectivity index (χ1v) is 12.2. The Hall–Kier alpha value is -3.19. The maximum Gasteiger partial charge on any atom is 0.244 e. The molecule has 32 heavy (non-hydrogen) atoms. The molecular weight excluding hydrogens is 427 g/mol. The zero-order valence-corrected chi connectivity index (χ0v) is 19.1. The Morgan fingerprint density at radius 2 is 1.50 bits per heavy atom. The first-order valence-electron chi connectivity index (χ1n) is 10.4. The first kappa shape index (κ1) is 23.5. The number of nitrogens with one attached hydrogen (secondary N) is 1. The summed E-state index contributed by atoms with van der Waals surface area (Å²) in [5, 5.41) is 3.03. The van der Waals surface area contributed by atoms with Crippen LogP contribution in [0.5, 0.6) is 0 Å². The van der Waals surface area contributed by atoms with E-state index < -0.39 is 33.8 Å². The number of anilines is 1. The van der Waals surface area contributed by atoms with Crippen molar-refractivity contribution in [3.63, 3.8) is 0 Å². The first-order chi connectivity index (χ1) is 15.2. The predicted molar refractivity (Wildman–Crippen MR) is 125 cm³/mol. The van der Waals surface area contributed by atoms with Crippen LogP contribution < -0.4 is 9.62 Å². The van der Waals surface area contributed by atoms with Crippen LogP contribution in [0.3, 0.4) is 0 Å². The summed E-state index contributed by atoms with van der Waals surface area (Å²) in [6.45, 7) is 3.73. The Kier molecular flexibility index (Phi) is 7.30. The number of hydrogen-bond acceptors (Lipinski definition) is 3. The summed E-state index contributed by atoms with van der Waals surface area (Å²) in [5.74, 6) is -0.917. The molecule has 0 unspecified atom stereocenters. The van der Waals surface area contributed by atoms with Gasteiger partial charge < -0.3 is 5.32 Å².